The van der Waals surface area contributed by atoms with E-state index in [1.807, 2.05) is 0 Å². The van der Waals surface area contributed by atoms with Crippen LogP contribution in [0.25, 0.3) is 11.5 Å². The molecular formula is C12H15N5O2. The van der Waals surface area contributed by atoms with Crippen molar-refractivity contribution < 1.29 is 9.26 Å². The van der Waals surface area contributed by atoms with Crippen LogP contribution in [0.2, 0.25) is 0 Å². The highest BCUT2D eigenvalue weighted by atomic mass is 16.5. The summed E-state index contributed by atoms with van der Waals surface area (Å²) in [6.45, 7) is 2.90. The summed E-state index contributed by atoms with van der Waals surface area (Å²) in [5.41, 5.74) is 0.581. The molecule has 19 heavy (non-hydrogen) atoms. The lowest BCUT2D eigenvalue weighted by Gasteiger charge is -2.09. The predicted octanol–water partition coefficient (Wildman–Crippen LogP) is 1.13. The molecule has 0 aliphatic carbocycles. The molecule has 0 atom stereocenters. The van der Waals surface area contributed by atoms with Gasteiger partial charge in [-0.2, -0.15) is 4.98 Å². The van der Waals surface area contributed by atoms with Crippen LogP contribution in [0.3, 0.4) is 0 Å². The number of methoxy groups -OCH3 is 1. The summed E-state index contributed by atoms with van der Waals surface area (Å²) in [5.74, 6) is 1.54. The Morgan fingerprint density at radius 3 is 2.79 bits per heavy atom. The highest BCUT2D eigenvalue weighted by molar-refractivity contribution is 5.47. The Bertz CT molecular complexity index is 533. The van der Waals surface area contributed by atoms with Gasteiger partial charge in [-0.3, -0.25) is 4.90 Å². The van der Waals surface area contributed by atoms with Crippen LogP contribution in [0.5, 0.6) is 5.88 Å². The summed E-state index contributed by atoms with van der Waals surface area (Å²) in [6, 6.07) is 3.48. The van der Waals surface area contributed by atoms with Gasteiger partial charge in [0.25, 0.3) is 0 Å². The monoisotopic (exact) mass is 261 g/mol. The molecule has 1 aliphatic heterocycles. The minimum atomic E-state index is 0.462. The third-order valence-corrected chi connectivity index (χ3v) is 3.10. The average Bonchev–Trinajstić information content (AvgIpc) is 3.11. The van der Waals surface area contributed by atoms with Gasteiger partial charge in [0.15, 0.2) is 0 Å². The summed E-state index contributed by atoms with van der Waals surface area (Å²) in [7, 11) is 1.55. The van der Waals surface area contributed by atoms with Crippen molar-refractivity contribution in [1.82, 2.24) is 25.2 Å². The minimum absolute atomic E-state index is 0.462. The first kappa shape index (κ1) is 12.0. The maximum absolute atomic E-state index is 5.24. The molecule has 100 valence electrons. The zero-order valence-electron chi connectivity index (χ0n) is 10.7. The van der Waals surface area contributed by atoms with Crippen molar-refractivity contribution in [2.24, 2.45) is 0 Å². The lowest BCUT2D eigenvalue weighted by atomic mass is 10.4. The van der Waals surface area contributed by atoms with E-state index >= 15 is 0 Å². The van der Waals surface area contributed by atoms with Gasteiger partial charge in [-0.15, -0.1) is 10.2 Å². The molecule has 0 saturated carbocycles. The summed E-state index contributed by atoms with van der Waals surface area (Å²) in [6.07, 6.45) is 2.48. The van der Waals surface area contributed by atoms with E-state index in [1.165, 1.54) is 12.8 Å². The average molecular weight is 261 g/mol. The van der Waals surface area contributed by atoms with Crippen molar-refractivity contribution in [3.8, 4) is 17.4 Å². The molecule has 1 aliphatic rings. The quantitative estimate of drug-likeness (QED) is 0.816. The molecule has 3 rings (SSSR count). The van der Waals surface area contributed by atoms with E-state index in [-0.39, 0.29) is 0 Å². The SMILES string of the molecule is COc1ccc(-c2noc(CN3CCCC3)n2)nn1. The molecular weight excluding hydrogens is 246 g/mol. The van der Waals surface area contributed by atoms with E-state index in [0.29, 0.717) is 29.8 Å². The molecule has 3 heterocycles. The van der Waals surface area contributed by atoms with Crippen molar-refractivity contribution in [2.75, 3.05) is 20.2 Å². The first-order chi connectivity index (χ1) is 9.35. The number of ether oxygens (including phenoxy) is 1. The lowest BCUT2D eigenvalue weighted by Crippen LogP contribution is -2.18. The molecule has 2 aromatic rings. The number of hydrogen-bond donors (Lipinski definition) is 0. The van der Waals surface area contributed by atoms with Crippen molar-refractivity contribution >= 4 is 0 Å². The van der Waals surface area contributed by atoms with Crippen molar-refractivity contribution in [3.63, 3.8) is 0 Å². The number of rotatable bonds is 4. The van der Waals surface area contributed by atoms with Gasteiger partial charge in [0.2, 0.25) is 17.6 Å². The molecule has 0 aromatic carbocycles. The second-order valence-corrected chi connectivity index (χ2v) is 4.46. The Morgan fingerprint density at radius 1 is 1.26 bits per heavy atom. The normalized spacial score (nSPS) is 15.8. The molecule has 0 spiro atoms. The number of nitrogens with zero attached hydrogens (tertiary/aromatic N) is 5. The Hall–Kier alpha value is -2.02. The van der Waals surface area contributed by atoms with E-state index in [9.17, 15) is 0 Å². The number of aromatic nitrogens is 4. The van der Waals surface area contributed by atoms with Gasteiger partial charge in [-0.05, 0) is 32.0 Å². The van der Waals surface area contributed by atoms with Gasteiger partial charge >= 0.3 is 0 Å². The molecule has 0 N–H and O–H groups in total. The maximum Gasteiger partial charge on any atom is 0.241 e. The fourth-order valence-electron chi connectivity index (χ4n) is 2.10. The van der Waals surface area contributed by atoms with E-state index < -0.39 is 0 Å². The van der Waals surface area contributed by atoms with Gasteiger partial charge in [0.1, 0.15) is 5.69 Å². The van der Waals surface area contributed by atoms with E-state index in [1.54, 1.807) is 19.2 Å². The largest absolute Gasteiger partial charge is 0.480 e. The Labute approximate surface area is 110 Å². The zero-order valence-corrected chi connectivity index (χ0v) is 10.7. The van der Waals surface area contributed by atoms with Crippen LogP contribution in [0.1, 0.15) is 18.7 Å². The van der Waals surface area contributed by atoms with Crippen molar-refractivity contribution in [2.45, 2.75) is 19.4 Å². The fourth-order valence-corrected chi connectivity index (χ4v) is 2.10. The second-order valence-electron chi connectivity index (χ2n) is 4.46. The molecule has 0 radical (unpaired) electrons. The molecule has 0 unspecified atom stereocenters. The second kappa shape index (κ2) is 5.31. The van der Waals surface area contributed by atoms with E-state index in [4.69, 9.17) is 9.26 Å². The first-order valence-electron chi connectivity index (χ1n) is 6.28. The molecule has 2 aromatic heterocycles. The highest BCUT2D eigenvalue weighted by Gasteiger charge is 2.16. The Balaban J connectivity index is 1.72. The van der Waals surface area contributed by atoms with Crippen LogP contribution in [0.4, 0.5) is 0 Å². The van der Waals surface area contributed by atoms with Gasteiger partial charge in [0, 0.05) is 6.07 Å². The summed E-state index contributed by atoms with van der Waals surface area (Å²) in [5, 5.41) is 11.8. The molecule has 1 fully saturated rings. The standard InChI is InChI=1S/C12H15N5O2/c1-18-10-5-4-9(14-15-10)12-13-11(19-16-12)8-17-6-2-3-7-17/h4-5H,2-3,6-8H2,1H3. The Morgan fingerprint density at radius 2 is 2.11 bits per heavy atom. The summed E-state index contributed by atoms with van der Waals surface area (Å²) in [4.78, 5) is 6.64. The van der Waals surface area contributed by atoms with Gasteiger partial charge in [-0.25, -0.2) is 0 Å². The molecule has 1 saturated heterocycles. The predicted molar refractivity (Wildman–Crippen MR) is 66.4 cm³/mol. The number of likely N-dealkylation sites (tertiary alicyclic amines) is 1. The Kier molecular flexibility index (Phi) is 3.37. The summed E-state index contributed by atoms with van der Waals surface area (Å²) < 4.78 is 10.2. The van der Waals surface area contributed by atoms with Crippen LogP contribution in [0, 0.1) is 0 Å². The van der Waals surface area contributed by atoms with Crippen LogP contribution in [-0.2, 0) is 6.54 Å². The summed E-state index contributed by atoms with van der Waals surface area (Å²) >= 11 is 0. The van der Waals surface area contributed by atoms with Crippen molar-refractivity contribution in [3.05, 3.63) is 18.0 Å². The van der Waals surface area contributed by atoms with Gasteiger partial charge < -0.3 is 9.26 Å². The first-order valence-corrected chi connectivity index (χ1v) is 6.28. The highest BCUT2D eigenvalue weighted by Crippen LogP contribution is 2.16. The molecule has 0 bridgehead atoms. The third kappa shape index (κ3) is 2.70. The topological polar surface area (TPSA) is 77.2 Å². The van der Waals surface area contributed by atoms with Crippen LogP contribution in [0.15, 0.2) is 16.7 Å². The van der Waals surface area contributed by atoms with E-state index in [2.05, 4.69) is 25.2 Å². The number of hydrogen-bond acceptors (Lipinski definition) is 7. The maximum atomic E-state index is 5.24. The fraction of sp³-hybridized carbons (Fsp3) is 0.500. The third-order valence-electron chi connectivity index (χ3n) is 3.10. The molecule has 0 amide bonds. The minimum Gasteiger partial charge on any atom is -0.480 e. The van der Waals surface area contributed by atoms with Crippen molar-refractivity contribution in [1.29, 1.82) is 0 Å². The molecule has 7 nitrogen and oxygen atoms in total. The lowest BCUT2D eigenvalue weighted by molar-refractivity contribution is 0.268. The van der Waals surface area contributed by atoms with Crippen LogP contribution >= 0.6 is 0 Å². The zero-order chi connectivity index (χ0) is 13.1. The van der Waals surface area contributed by atoms with Gasteiger partial charge in [-0.1, -0.05) is 5.16 Å². The molecule has 7 heteroatoms. The van der Waals surface area contributed by atoms with Gasteiger partial charge in [0.05, 0.1) is 13.7 Å². The van der Waals surface area contributed by atoms with Crippen LogP contribution in [-0.4, -0.2) is 45.4 Å². The van der Waals surface area contributed by atoms with Crippen LogP contribution < -0.4 is 4.74 Å². The van der Waals surface area contributed by atoms with E-state index in [0.717, 1.165) is 13.1 Å². The smallest absolute Gasteiger partial charge is 0.241 e.